The third kappa shape index (κ3) is 4.30. The van der Waals surface area contributed by atoms with Gasteiger partial charge in [0.25, 0.3) is 0 Å². The van der Waals surface area contributed by atoms with Crippen molar-refractivity contribution in [2.45, 2.75) is 39.2 Å². The zero-order valence-electron chi connectivity index (χ0n) is 17.5. The Morgan fingerprint density at radius 2 is 1.93 bits per heavy atom. The van der Waals surface area contributed by atoms with Crippen molar-refractivity contribution in [1.82, 2.24) is 14.8 Å². The van der Waals surface area contributed by atoms with Crippen molar-refractivity contribution in [2.24, 2.45) is 5.92 Å². The first-order valence-corrected chi connectivity index (χ1v) is 10.2. The fourth-order valence-corrected chi connectivity index (χ4v) is 3.28. The van der Waals surface area contributed by atoms with E-state index in [1.807, 2.05) is 62.4 Å². The molecule has 1 N–H and O–H groups in total. The number of hydrogen-bond donors (Lipinski definition) is 1. The Hall–Kier alpha value is -3.35. The normalized spacial score (nSPS) is 13.7. The molecule has 0 atom stereocenters. The van der Waals surface area contributed by atoms with Crippen molar-refractivity contribution in [3.05, 3.63) is 48.5 Å². The number of aromatic nitrogens is 3. The van der Waals surface area contributed by atoms with Crippen LogP contribution in [0.2, 0.25) is 0 Å². The van der Waals surface area contributed by atoms with E-state index in [9.17, 15) is 4.79 Å². The number of carbonyl (C=O) groups excluding carboxylic acids is 1. The number of anilines is 1. The maximum atomic E-state index is 12.2. The van der Waals surface area contributed by atoms with Gasteiger partial charge >= 0.3 is 6.01 Å². The summed E-state index contributed by atoms with van der Waals surface area (Å²) >= 11 is 0. The number of ether oxygens (including phenoxy) is 2. The molecule has 1 saturated carbocycles. The molecule has 0 radical (unpaired) electrons. The molecule has 7 heteroatoms. The Bertz CT molecular complexity index is 1020. The lowest BCUT2D eigenvalue weighted by atomic mass is 9.85. The van der Waals surface area contributed by atoms with Crippen LogP contribution in [-0.4, -0.2) is 33.9 Å². The molecule has 1 amide bonds. The Kier molecular flexibility index (Phi) is 5.70. The standard InChI is InChI=1S/C23H26N4O3/c1-15(2)30-23-25-21(17-8-5-9-20(14-17)29-3)27(26-23)19-12-10-18(11-13-19)24-22(28)16-6-4-7-16/h5,8-16H,4,6-7H2,1-3H3,(H,24,28). The zero-order valence-corrected chi connectivity index (χ0v) is 17.5. The molecule has 3 aromatic rings. The maximum absolute atomic E-state index is 12.2. The van der Waals surface area contributed by atoms with Gasteiger partial charge in [-0.25, -0.2) is 4.68 Å². The molecule has 1 aliphatic carbocycles. The van der Waals surface area contributed by atoms with Crippen molar-refractivity contribution in [3.8, 4) is 28.8 Å². The number of hydrogen-bond acceptors (Lipinski definition) is 5. The van der Waals surface area contributed by atoms with Crippen molar-refractivity contribution < 1.29 is 14.3 Å². The summed E-state index contributed by atoms with van der Waals surface area (Å²) in [6.07, 6.45) is 3.05. The number of methoxy groups -OCH3 is 1. The van der Waals surface area contributed by atoms with Gasteiger partial charge in [-0.1, -0.05) is 18.6 Å². The monoisotopic (exact) mass is 406 g/mol. The maximum Gasteiger partial charge on any atom is 0.336 e. The van der Waals surface area contributed by atoms with E-state index in [1.54, 1.807) is 11.8 Å². The van der Waals surface area contributed by atoms with Gasteiger partial charge in [-0.05, 0) is 63.1 Å². The number of nitrogens with zero attached hydrogens (tertiary/aromatic N) is 3. The molecule has 1 aromatic heterocycles. The molecule has 4 rings (SSSR count). The van der Waals surface area contributed by atoms with E-state index < -0.39 is 0 Å². The van der Waals surface area contributed by atoms with Crippen molar-refractivity contribution in [3.63, 3.8) is 0 Å². The van der Waals surface area contributed by atoms with Crippen LogP contribution in [0.4, 0.5) is 5.69 Å². The first-order valence-electron chi connectivity index (χ1n) is 10.2. The second-order valence-corrected chi connectivity index (χ2v) is 7.69. The molecule has 1 aliphatic rings. The Balaban J connectivity index is 1.64. The van der Waals surface area contributed by atoms with E-state index in [4.69, 9.17) is 9.47 Å². The summed E-state index contributed by atoms with van der Waals surface area (Å²) in [5.74, 6) is 1.63. The summed E-state index contributed by atoms with van der Waals surface area (Å²) in [5.41, 5.74) is 2.46. The second kappa shape index (κ2) is 8.57. The predicted molar refractivity (Wildman–Crippen MR) is 115 cm³/mol. The van der Waals surface area contributed by atoms with Crippen LogP contribution in [0.15, 0.2) is 48.5 Å². The minimum atomic E-state index is -0.0388. The second-order valence-electron chi connectivity index (χ2n) is 7.69. The zero-order chi connectivity index (χ0) is 21.1. The summed E-state index contributed by atoms with van der Waals surface area (Å²) < 4.78 is 12.8. The largest absolute Gasteiger partial charge is 0.497 e. The number of amides is 1. The fourth-order valence-electron chi connectivity index (χ4n) is 3.28. The van der Waals surface area contributed by atoms with Crippen LogP contribution in [-0.2, 0) is 4.79 Å². The molecule has 1 heterocycles. The van der Waals surface area contributed by atoms with Gasteiger partial charge in [-0.3, -0.25) is 4.79 Å². The number of carbonyl (C=O) groups is 1. The van der Waals surface area contributed by atoms with Gasteiger partial charge in [0, 0.05) is 17.2 Å². The molecular weight excluding hydrogens is 380 g/mol. The summed E-state index contributed by atoms with van der Waals surface area (Å²) in [7, 11) is 1.63. The van der Waals surface area contributed by atoms with Crippen molar-refractivity contribution in [1.29, 1.82) is 0 Å². The number of nitrogens with one attached hydrogen (secondary N) is 1. The highest BCUT2D eigenvalue weighted by molar-refractivity contribution is 5.93. The van der Waals surface area contributed by atoms with Gasteiger partial charge < -0.3 is 14.8 Å². The number of benzene rings is 2. The third-order valence-electron chi connectivity index (χ3n) is 5.11. The highest BCUT2D eigenvalue weighted by Crippen LogP contribution is 2.29. The molecule has 1 fully saturated rings. The molecule has 0 bridgehead atoms. The third-order valence-corrected chi connectivity index (χ3v) is 5.11. The molecule has 156 valence electrons. The van der Waals surface area contributed by atoms with Gasteiger partial charge in [0.1, 0.15) is 5.75 Å². The Morgan fingerprint density at radius 1 is 1.17 bits per heavy atom. The average molecular weight is 406 g/mol. The lowest BCUT2D eigenvalue weighted by molar-refractivity contribution is -0.122. The summed E-state index contributed by atoms with van der Waals surface area (Å²) in [5, 5.41) is 7.54. The minimum absolute atomic E-state index is 0.0388. The van der Waals surface area contributed by atoms with E-state index in [2.05, 4.69) is 15.4 Å². The van der Waals surface area contributed by atoms with Crippen LogP contribution in [0, 0.1) is 5.92 Å². The van der Waals surface area contributed by atoms with E-state index in [0.29, 0.717) is 11.8 Å². The van der Waals surface area contributed by atoms with E-state index in [-0.39, 0.29) is 17.9 Å². The summed E-state index contributed by atoms with van der Waals surface area (Å²) in [6.45, 7) is 3.87. The van der Waals surface area contributed by atoms with Crippen molar-refractivity contribution >= 4 is 11.6 Å². The quantitative estimate of drug-likeness (QED) is 0.626. The molecule has 2 aromatic carbocycles. The first-order chi connectivity index (χ1) is 14.5. The van der Waals surface area contributed by atoms with Gasteiger partial charge in [0.2, 0.25) is 5.91 Å². The van der Waals surface area contributed by atoms with Gasteiger partial charge in [-0.2, -0.15) is 4.98 Å². The fraction of sp³-hybridized carbons (Fsp3) is 0.348. The minimum Gasteiger partial charge on any atom is -0.497 e. The molecule has 0 spiro atoms. The van der Waals surface area contributed by atoms with Gasteiger partial charge in [0.05, 0.1) is 18.9 Å². The smallest absolute Gasteiger partial charge is 0.336 e. The van der Waals surface area contributed by atoms with Crippen molar-refractivity contribution in [2.75, 3.05) is 12.4 Å². The highest BCUT2D eigenvalue weighted by atomic mass is 16.5. The van der Waals surface area contributed by atoms with Crippen LogP contribution in [0.1, 0.15) is 33.1 Å². The van der Waals surface area contributed by atoms with Crippen LogP contribution < -0.4 is 14.8 Å². The Morgan fingerprint density at radius 3 is 2.57 bits per heavy atom. The molecular formula is C23H26N4O3. The number of rotatable bonds is 7. The van der Waals surface area contributed by atoms with Gasteiger partial charge in [-0.15, -0.1) is 5.10 Å². The van der Waals surface area contributed by atoms with E-state index in [0.717, 1.165) is 42.0 Å². The van der Waals surface area contributed by atoms with Crippen LogP contribution >= 0.6 is 0 Å². The predicted octanol–water partition coefficient (Wildman–Crippen LogP) is 4.47. The topological polar surface area (TPSA) is 78.3 Å². The van der Waals surface area contributed by atoms with E-state index >= 15 is 0 Å². The van der Waals surface area contributed by atoms with Crippen LogP contribution in [0.25, 0.3) is 17.1 Å². The molecule has 0 unspecified atom stereocenters. The SMILES string of the molecule is COc1cccc(-c2nc(OC(C)C)nn2-c2ccc(NC(=O)C3CCC3)cc2)c1. The molecule has 0 aliphatic heterocycles. The van der Waals surface area contributed by atoms with Gasteiger partial charge in [0.15, 0.2) is 5.82 Å². The highest BCUT2D eigenvalue weighted by Gasteiger charge is 2.25. The molecule has 0 saturated heterocycles. The molecule has 7 nitrogen and oxygen atoms in total. The lowest BCUT2D eigenvalue weighted by Crippen LogP contribution is -2.27. The van der Waals surface area contributed by atoms with Crippen LogP contribution in [0.5, 0.6) is 11.8 Å². The summed E-state index contributed by atoms with van der Waals surface area (Å²) in [6, 6.07) is 15.6. The van der Waals surface area contributed by atoms with Crippen LogP contribution in [0.3, 0.4) is 0 Å². The van der Waals surface area contributed by atoms with E-state index in [1.165, 1.54) is 0 Å². The first kappa shape index (κ1) is 19.9. The molecule has 30 heavy (non-hydrogen) atoms. The average Bonchev–Trinajstić information content (AvgIpc) is 3.10. The Labute approximate surface area is 176 Å². The summed E-state index contributed by atoms with van der Waals surface area (Å²) in [4.78, 5) is 16.8. The lowest BCUT2D eigenvalue weighted by Gasteiger charge is -2.24.